The molecule has 4 aromatic rings. The topological polar surface area (TPSA) is 88.4 Å². The number of piperazine rings is 1. The normalized spacial score (nSPS) is 16.6. The molecule has 1 amide bonds. The lowest BCUT2D eigenvalue weighted by Crippen LogP contribution is -2.46. The van der Waals surface area contributed by atoms with Crippen LogP contribution in [0, 0.1) is 0 Å². The summed E-state index contributed by atoms with van der Waals surface area (Å²) in [5.41, 5.74) is 2.84. The molecule has 6 rings (SSSR count). The van der Waals surface area contributed by atoms with Gasteiger partial charge in [-0.2, -0.15) is 13.8 Å². The number of hydrogen-bond donors (Lipinski definition) is 1. The zero-order valence-electron chi connectivity index (χ0n) is 21.6. The van der Waals surface area contributed by atoms with E-state index in [-0.39, 0.29) is 11.9 Å². The molecule has 11 heteroatoms. The van der Waals surface area contributed by atoms with E-state index in [1.807, 2.05) is 23.1 Å². The summed E-state index contributed by atoms with van der Waals surface area (Å²) in [5.74, 6) is -2.93. The molecule has 0 bridgehead atoms. The first-order chi connectivity index (χ1) is 18.9. The Bertz CT molecular complexity index is 1490. The minimum atomic E-state index is -3.22. The van der Waals surface area contributed by atoms with Gasteiger partial charge in [0.2, 0.25) is 5.95 Å². The molecule has 2 aliphatic heterocycles. The molecular formula is C28H29F2N7O2. The Balaban J connectivity index is 1.45. The highest BCUT2D eigenvalue weighted by atomic mass is 19.3. The second kappa shape index (κ2) is 10.3. The Morgan fingerprint density at radius 2 is 1.67 bits per heavy atom. The molecule has 0 aliphatic carbocycles. The summed E-state index contributed by atoms with van der Waals surface area (Å²) in [7, 11) is 0. The van der Waals surface area contributed by atoms with Crippen molar-refractivity contribution >= 4 is 22.8 Å². The van der Waals surface area contributed by atoms with Crippen molar-refractivity contribution in [2.75, 3.05) is 57.4 Å². The molecule has 4 heterocycles. The van der Waals surface area contributed by atoms with Crippen molar-refractivity contribution in [2.45, 2.75) is 12.8 Å². The lowest BCUT2D eigenvalue weighted by Gasteiger charge is -2.28. The number of carbonyl (C=O) groups excluding carboxylic acids is 1. The van der Waals surface area contributed by atoms with E-state index in [1.54, 1.807) is 36.4 Å². The van der Waals surface area contributed by atoms with Gasteiger partial charge in [0, 0.05) is 63.4 Å². The smallest absolute Gasteiger partial charge is 0.302 e. The number of nitrogens with one attached hydrogen (secondary N) is 1. The first-order valence-corrected chi connectivity index (χ1v) is 13.1. The molecule has 2 aliphatic rings. The van der Waals surface area contributed by atoms with Gasteiger partial charge >= 0.3 is 5.92 Å². The van der Waals surface area contributed by atoms with Crippen LogP contribution < -0.4 is 10.2 Å². The number of anilines is 1. The van der Waals surface area contributed by atoms with Crippen LogP contribution in [0.1, 0.15) is 23.1 Å². The molecule has 2 saturated heterocycles. The van der Waals surface area contributed by atoms with Crippen LogP contribution in [-0.4, -0.2) is 82.8 Å². The van der Waals surface area contributed by atoms with E-state index >= 15 is 0 Å². The van der Waals surface area contributed by atoms with Crippen LogP contribution in [-0.2, 0) is 10.7 Å². The average Bonchev–Trinajstić information content (AvgIpc) is 3.38. The van der Waals surface area contributed by atoms with Gasteiger partial charge in [-0.15, -0.1) is 0 Å². The van der Waals surface area contributed by atoms with Crippen LogP contribution in [0.25, 0.3) is 28.2 Å². The number of halogens is 2. The molecular weight excluding hydrogens is 504 g/mol. The molecule has 9 nitrogen and oxygen atoms in total. The van der Waals surface area contributed by atoms with Crippen LogP contribution in [0.4, 0.5) is 14.6 Å². The Kier molecular flexibility index (Phi) is 6.69. The number of para-hydroxylation sites is 2. The van der Waals surface area contributed by atoms with Gasteiger partial charge in [0.05, 0.1) is 29.9 Å². The van der Waals surface area contributed by atoms with Gasteiger partial charge < -0.3 is 19.9 Å². The molecule has 2 aromatic carbocycles. The van der Waals surface area contributed by atoms with Crippen molar-refractivity contribution in [1.82, 2.24) is 29.7 Å². The van der Waals surface area contributed by atoms with Gasteiger partial charge in [0.25, 0.3) is 5.91 Å². The standard InChI is InChI=1S/C28H29F2N7O2/c1-28(29,30)26-32-21-4-2-3-5-23(21)37(26)27-33-22(18-24(34-27)35-14-16-39-17-15-35)19-6-8-20(9-7-19)25(38)36-12-10-31-11-13-36/h2-9,18,31H,10-17H2,1H3. The molecule has 1 N–H and O–H groups in total. The van der Waals surface area contributed by atoms with E-state index in [1.165, 1.54) is 4.57 Å². The summed E-state index contributed by atoms with van der Waals surface area (Å²) in [4.78, 5) is 30.6. The number of carbonyl (C=O) groups is 1. The second-order valence-electron chi connectivity index (χ2n) is 9.78. The minimum Gasteiger partial charge on any atom is -0.378 e. The van der Waals surface area contributed by atoms with Gasteiger partial charge in [-0.1, -0.05) is 24.3 Å². The van der Waals surface area contributed by atoms with Crippen molar-refractivity contribution in [3.05, 3.63) is 66.0 Å². The Morgan fingerprint density at radius 3 is 2.38 bits per heavy atom. The fourth-order valence-corrected chi connectivity index (χ4v) is 4.98. The predicted octanol–water partition coefficient (Wildman–Crippen LogP) is 3.48. The highest BCUT2D eigenvalue weighted by Crippen LogP contribution is 2.33. The first-order valence-electron chi connectivity index (χ1n) is 13.1. The van der Waals surface area contributed by atoms with Crippen LogP contribution in [0.5, 0.6) is 0 Å². The number of amides is 1. The van der Waals surface area contributed by atoms with E-state index in [2.05, 4.69) is 15.2 Å². The minimum absolute atomic E-state index is 0.0138. The maximum absolute atomic E-state index is 14.8. The van der Waals surface area contributed by atoms with Crippen LogP contribution in [0.2, 0.25) is 0 Å². The van der Waals surface area contributed by atoms with E-state index < -0.39 is 11.7 Å². The molecule has 202 valence electrons. The Morgan fingerprint density at radius 1 is 0.949 bits per heavy atom. The maximum Gasteiger partial charge on any atom is 0.302 e. The number of benzene rings is 2. The highest BCUT2D eigenvalue weighted by Gasteiger charge is 2.34. The van der Waals surface area contributed by atoms with E-state index in [0.29, 0.717) is 67.5 Å². The summed E-state index contributed by atoms with van der Waals surface area (Å²) < 4.78 is 36.4. The number of imidazole rings is 1. The number of nitrogens with zero attached hydrogens (tertiary/aromatic N) is 6. The number of aromatic nitrogens is 4. The number of ether oxygens (including phenoxy) is 1. The van der Waals surface area contributed by atoms with Crippen molar-refractivity contribution in [2.24, 2.45) is 0 Å². The number of alkyl halides is 2. The summed E-state index contributed by atoms with van der Waals surface area (Å²) >= 11 is 0. The van der Waals surface area contributed by atoms with Crippen molar-refractivity contribution in [1.29, 1.82) is 0 Å². The van der Waals surface area contributed by atoms with E-state index in [4.69, 9.17) is 14.7 Å². The van der Waals surface area contributed by atoms with Gasteiger partial charge in [0.1, 0.15) is 5.82 Å². The quantitative estimate of drug-likeness (QED) is 0.420. The summed E-state index contributed by atoms with van der Waals surface area (Å²) in [6.07, 6.45) is 0. The fourth-order valence-electron chi connectivity index (χ4n) is 4.98. The van der Waals surface area contributed by atoms with Gasteiger partial charge in [-0.3, -0.25) is 9.36 Å². The monoisotopic (exact) mass is 533 g/mol. The lowest BCUT2D eigenvalue weighted by molar-refractivity contribution is 0.00649. The number of morpholine rings is 1. The lowest BCUT2D eigenvalue weighted by atomic mass is 10.1. The van der Waals surface area contributed by atoms with Crippen molar-refractivity contribution in [3.63, 3.8) is 0 Å². The molecule has 0 atom stereocenters. The van der Waals surface area contributed by atoms with Crippen LogP contribution in [0.15, 0.2) is 54.6 Å². The van der Waals surface area contributed by atoms with Crippen LogP contribution >= 0.6 is 0 Å². The van der Waals surface area contributed by atoms with Crippen molar-refractivity contribution < 1.29 is 18.3 Å². The van der Waals surface area contributed by atoms with Gasteiger partial charge in [0.15, 0.2) is 5.82 Å². The largest absolute Gasteiger partial charge is 0.378 e. The first kappa shape index (κ1) is 25.3. The average molecular weight is 534 g/mol. The van der Waals surface area contributed by atoms with Gasteiger partial charge in [-0.05, 0) is 24.3 Å². The Hall–Kier alpha value is -3.96. The Labute approximate surface area is 224 Å². The third kappa shape index (κ3) is 5.07. The summed E-state index contributed by atoms with van der Waals surface area (Å²) in [6, 6.07) is 16.1. The summed E-state index contributed by atoms with van der Waals surface area (Å²) in [6.45, 7) is 6.05. The zero-order chi connectivity index (χ0) is 27.0. The second-order valence-corrected chi connectivity index (χ2v) is 9.78. The number of fused-ring (bicyclic) bond motifs is 1. The molecule has 2 fully saturated rings. The van der Waals surface area contributed by atoms with E-state index in [9.17, 15) is 13.6 Å². The number of hydrogen-bond acceptors (Lipinski definition) is 7. The molecule has 0 radical (unpaired) electrons. The number of rotatable bonds is 5. The molecule has 0 unspecified atom stereocenters. The molecule has 0 saturated carbocycles. The van der Waals surface area contributed by atoms with Gasteiger partial charge in [-0.25, -0.2) is 9.97 Å². The third-order valence-corrected chi connectivity index (χ3v) is 7.02. The maximum atomic E-state index is 14.8. The third-order valence-electron chi connectivity index (χ3n) is 7.02. The highest BCUT2D eigenvalue weighted by molar-refractivity contribution is 5.94. The summed E-state index contributed by atoms with van der Waals surface area (Å²) in [5, 5.41) is 3.25. The van der Waals surface area contributed by atoms with Crippen LogP contribution in [0.3, 0.4) is 0 Å². The molecule has 39 heavy (non-hydrogen) atoms. The zero-order valence-corrected chi connectivity index (χ0v) is 21.6. The fraction of sp³-hybridized carbons (Fsp3) is 0.357. The van der Waals surface area contributed by atoms with E-state index in [0.717, 1.165) is 25.6 Å². The van der Waals surface area contributed by atoms with Crippen molar-refractivity contribution in [3.8, 4) is 17.2 Å². The SMILES string of the molecule is CC(F)(F)c1nc2ccccc2n1-c1nc(-c2ccc(C(=O)N3CCNCC3)cc2)cc(N2CCOCC2)n1. The predicted molar refractivity (Wildman–Crippen MR) is 143 cm³/mol. The molecule has 2 aromatic heterocycles. The molecule has 0 spiro atoms.